The molecule has 1 saturated heterocycles. The number of nitrogens with one attached hydrogen (secondary N) is 2. The summed E-state index contributed by atoms with van der Waals surface area (Å²) in [6.45, 7) is 2.46. The van der Waals surface area contributed by atoms with E-state index >= 15 is 0 Å². The summed E-state index contributed by atoms with van der Waals surface area (Å²) < 4.78 is 0. The van der Waals surface area contributed by atoms with Crippen molar-refractivity contribution in [2.75, 3.05) is 38.0 Å². The van der Waals surface area contributed by atoms with E-state index in [4.69, 9.17) is 28.9 Å². The number of rotatable bonds is 6. The van der Waals surface area contributed by atoms with Crippen molar-refractivity contribution in [3.05, 3.63) is 28.2 Å². The highest BCUT2D eigenvalue weighted by molar-refractivity contribution is 6.35. The summed E-state index contributed by atoms with van der Waals surface area (Å²) in [7, 11) is 0. The highest BCUT2D eigenvalue weighted by Crippen LogP contribution is 2.25. The lowest BCUT2D eigenvalue weighted by molar-refractivity contribution is -0.127. The van der Waals surface area contributed by atoms with Crippen LogP contribution >= 0.6 is 23.2 Å². The van der Waals surface area contributed by atoms with Crippen molar-refractivity contribution in [3.63, 3.8) is 0 Å². The van der Waals surface area contributed by atoms with Gasteiger partial charge in [0.2, 0.25) is 11.8 Å². The fourth-order valence-corrected chi connectivity index (χ4v) is 3.08. The SMILES string of the molecule is NCCNC(=O)C1CCCN(CC(=O)Nc2cc(Cl)ccc2Cl)C1. The molecule has 0 aliphatic carbocycles. The average Bonchev–Trinajstić information content (AvgIpc) is 2.56. The molecule has 0 spiro atoms. The number of carbonyl (C=O) groups is 2. The van der Waals surface area contributed by atoms with Crippen molar-refractivity contribution in [2.45, 2.75) is 12.8 Å². The monoisotopic (exact) mass is 372 g/mol. The van der Waals surface area contributed by atoms with Crippen LogP contribution in [0.4, 0.5) is 5.69 Å². The maximum atomic E-state index is 12.2. The largest absolute Gasteiger partial charge is 0.355 e. The van der Waals surface area contributed by atoms with Crippen LogP contribution in [0, 0.1) is 5.92 Å². The normalized spacial score (nSPS) is 18.2. The third-order valence-corrected chi connectivity index (χ3v) is 4.45. The van der Waals surface area contributed by atoms with Gasteiger partial charge in [0.05, 0.1) is 23.2 Å². The molecule has 4 N–H and O–H groups in total. The Bertz CT molecular complexity index is 597. The quantitative estimate of drug-likeness (QED) is 0.709. The van der Waals surface area contributed by atoms with Crippen LogP contribution in [0.3, 0.4) is 0 Å². The zero-order valence-corrected chi connectivity index (χ0v) is 14.9. The summed E-state index contributed by atoms with van der Waals surface area (Å²) in [5.74, 6) is -0.279. The van der Waals surface area contributed by atoms with E-state index in [1.54, 1.807) is 18.2 Å². The Hall–Kier alpha value is -1.34. The van der Waals surface area contributed by atoms with Crippen LogP contribution in [0.25, 0.3) is 0 Å². The van der Waals surface area contributed by atoms with Gasteiger partial charge in [-0.05, 0) is 37.6 Å². The lowest BCUT2D eigenvalue weighted by Gasteiger charge is -2.31. The van der Waals surface area contributed by atoms with Crippen LogP contribution in [0.1, 0.15) is 12.8 Å². The van der Waals surface area contributed by atoms with Gasteiger partial charge in [-0.3, -0.25) is 14.5 Å². The van der Waals surface area contributed by atoms with E-state index in [2.05, 4.69) is 10.6 Å². The highest BCUT2D eigenvalue weighted by Gasteiger charge is 2.26. The zero-order chi connectivity index (χ0) is 17.5. The van der Waals surface area contributed by atoms with Crippen LogP contribution in [0.15, 0.2) is 18.2 Å². The molecule has 0 aromatic heterocycles. The van der Waals surface area contributed by atoms with Crippen molar-refractivity contribution in [1.82, 2.24) is 10.2 Å². The number of anilines is 1. The summed E-state index contributed by atoms with van der Waals surface area (Å²) in [5.41, 5.74) is 5.89. The fourth-order valence-electron chi connectivity index (χ4n) is 2.74. The molecule has 1 aromatic rings. The molecule has 0 saturated carbocycles. The third kappa shape index (κ3) is 5.63. The van der Waals surface area contributed by atoms with E-state index in [9.17, 15) is 9.59 Å². The first-order valence-corrected chi connectivity index (χ1v) is 8.70. The van der Waals surface area contributed by atoms with E-state index < -0.39 is 0 Å². The van der Waals surface area contributed by atoms with Crippen molar-refractivity contribution < 1.29 is 9.59 Å². The summed E-state index contributed by atoms with van der Waals surface area (Å²) in [5, 5.41) is 6.51. The number of nitrogens with zero attached hydrogens (tertiary/aromatic N) is 1. The second-order valence-corrected chi connectivity index (χ2v) is 6.67. The standard InChI is InChI=1S/C16H22Cl2N4O2/c17-12-3-4-13(18)14(8-12)21-15(23)10-22-7-1-2-11(9-22)16(24)20-6-5-19/h3-4,8,11H,1-2,5-7,9-10,19H2,(H,20,24)(H,21,23). The molecule has 0 radical (unpaired) electrons. The second kappa shape index (κ2) is 9.22. The molecule has 6 nitrogen and oxygen atoms in total. The number of hydrogen-bond donors (Lipinski definition) is 3. The minimum Gasteiger partial charge on any atom is -0.355 e. The molecule has 1 unspecified atom stereocenters. The Balaban J connectivity index is 1.87. The number of carbonyl (C=O) groups excluding carboxylic acids is 2. The van der Waals surface area contributed by atoms with Crippen molar-refractivity contribution in [2.24, 2.45) is 11.7 Å². The van der Waals surface area contributed by atoms with Gasteiger partial charge in [-0.1, -0.05) is 23.2 Å². The third-order valence-electron chi connectivity index (χ3n) is 3.89. The van der Waals surface area contributed by atoms with Gasteiger partial charge in [-0.2, -0.15) is 0 Å². The number of nitrogens with two attached hydrogens (primary N) is 1. The molecule has 24 heavy (non-hydrogen) atoms. The van der Waals surface area contributed by atoms with E-state index in [0.717, 1.165) is 19.4 Å². The smallest absolute Gasteiger partial charge is 0.238 e. The molecule has 132 valence electrons. The van der Waals surface area contributed by atoms with Crippen LogP contribution in [0.2, 0.25) is 10.0 Å². The maximum Gasteiger partial charge on any atom is 0.238 e. The molecule has 0 bridgehead atoms. The van der Waals surface area contributed by atoms with Crippen molar-refractivity contribution >= 4 is 40.7 Å². The lowest BCUT2D eigenvalue weighted by atomic mass is 9.97. The predicted octanol–water partition coefficient (Wildman–Crippen LogP) is 1.72. The predicted molar refractivity (Wildman–Crippen MR) is 96.3 cm³/mol. The highest BCUT2D eigenvalue weighted by atomic mass is 35.5. The van der Waals surface area contributed by atoms with Crippen LogP contribution in [-0.4, -0.2) is 49.4 Å². The average molecular weight is 373 g/mol. The second-order valence-electron chi connectivity index (χ2n) is 5.83. The molecule has 2 rings (SSSR count). The first-order valence-electron chi connectivity index (χ1n) is 7.94. The van der Waals surface area contributed by atoms with Crippen LogP contribution in [0.5, 0.6) is 0 Å². The Morgan fingerprint density at radius 2 is 2.12 bits per heavy atom. The van der Waals surface area contributed by atoms with E-state index in [1.165, 1.54) is 0 Å². The van der Waals surface area contributed by atoms with Gasteiger partial charge in [0.1, 0.15) is 0 Å². The first kappa shape index (κ1) is 19.0. The number of piperidine rings is 1. The number of likely N-dealkylation sites (tertiary alicyclic amines) is 1. The summed E-state index contributed by atoms with van der Waals surface area (Å²) in [4.78, 5) is 26.2. The van der Waals surface area contributed by atoms with E-state index in [0.29, 0.717) is 35.4 Å². The molecule has 1 aliphatic rings. The first-order chi connectivity index (χ1) is 11.5. The topological polar surface area (TPSA) is 87.5 Å². The van der Waals surface area contributed by atoms with Gasteiger partial charge < -0.3 is 16.4 Å². The van der Waals surface area contributed by atoms with E-state index in [1.807, 2.05) is 4.90 Å². The minimum atomic E-state index is -0.179. The molecule has 2 amide bonds. The Morgan fingerprint density at radius 3 is 2.88 bits per heavy atom. The molecule has 1 aliphatic heterocycles. The van der Waals surface area contributed by atoms with Gasteiger partial charge in [0.25, 0.3) is 0 Å². The minimum absolute atomic E-state index is 0.00319. The van der Waals surface area contributed by atoms with Crippen LogP contribution in [-0.2, 0) is 9.59 Å². The number of benzene rings is 1. The Morgan fingerprint density at radius 1 is 1.33 bits per heavy atom. The summed E-state index contributed by atoms with van der Waals surface area (Å²) in [6.07, 6.45) is 1.71. The molecular weight excluding hydrogens is 351 g/mol. The molecular formula is C16H22Cl2N4O2. The van der Waals surface area contributed by atoms with Crippen molar-refractivity contribution in [3.8, 4) is 0 Å². The van der Waals surface area contributed by atoms with Crippen LogP contribution < -0.4 is 16.4 Å². The van der Waals surface area contributed by atoms with Gasteiger partial charge in [0.15, 0.2) is 0 Å². The van der Waals surface area contributed by atoms with Gasteiger partial charge in [-0.25, -0.2) is 0 Å². The fraction of sp³-hybridized carbons (Fsp3) is 0.500. The van der Waals surface area contributed by atoms with Crippen molar-refractivity contribution in [1.29, 1.82) is 0 Å². The lowest BCUT2D eigenvalue weighted by Crippen LogP contribution is -2.46. The summed E-state index contributed by atoms with van der Waals surface area (Å²) in [6, 6.07) is 4.91. The molecule has 1 atom stereocenters. The van der Waals surface area contributed by atoms with E-state index in [-0.39, 0.29) is 24.3 Å². The molecule has 1 heterocycles. The Labute approximate surface area is 151 Å². The number of amides is 2. The number of hydrogen-bond acceptors (Lipinski definition) is 4. The Kier molecular flexibility index (Phi) is 7.30. The zero-order valence-electron chi connectivity index (χ0n) is 13.4. The summed E-state index contributed by atoms with van der Waals surface area (Å²) >= 11 is 12.0. The van der Waals surface area contributed by atoms with Gasteiger partial charge in [0, 0.05) is 24.7 Å². The molecule has 1 aromatic carbocycles. The molecule has 8 heteroatoms. The maximum absolute atomic E-state index is 12.2. The van der Waals surface area contributed by atoms with Gasteiger partial charge in [-0.15, -0.1) is 0 Å². The van der Waals surface area contributed by atoms with Gasteiger partial charge >= 0.3 is 0 Å². The molecule has 1 fully saturated rings. The number of halogens is 2.